The summed E-state index contributed by atoms with van der Waals surface area (Å²) in [5, 5.41) is 9.89. The molecule has 1 aliphatic heterocycles. The highest BCUT2D eigenvalue weighted by Crippen LogP contribution is 2.28. The van der Waals surface area contributed by atoms with Gasteiger partial charge in [0.1, 0.15) is 5.75 Å². The Morgan fingerprint density at radius 3 is 2.80 bits per heavy atom. The molecule has 104 valence electrons. The van der Waals surface area contributed by atoms with Crippen LogP contribution in [0.5, 0.6) is 5.75 Å². The second-order valence-corrected chi connectivity index (χ2v) is 5.55. The Bertz CT molecular complexity index is 583. The Balaban J connectivity index is 1.67. The third kappa shape index (κ3) is 2.83. The van der Waals surface area contributed by atoms with E-state index in [1.807, 2.05) is 13.0 Å². The monoisotopic (exact) mass is 268 g/mol. The Morgan fingerprint density at radius 2 is 2.00 bits per heavy atom. The zero-order chi connectivity index (χ0) is 13.9. The summed E-state index contributed by atoms with van der Waals surface area (Å²) in [5.41, 5.74) is 3.16. The first kappa shape index (κ1) is 13.1. The SMILES string of the molecule is Cc1ccc(O)c(CN2CCC(c3ccccc3)C2)n1. The molecule has 20 heavy (non-hydrogen) atoms. The number of pyridine rings is 1. The molecule has 1 unspecified atom stereocenters. The highest BCUT2D eigenvalue weighted by atomic mass is 16.3. The molecule has 0 amide bonds. The Hall–Kier alpha value is -1.87. The first-order valence-electron chi connectivity index (χ1n) is 7.15. The first-order chi connectivity index (χ1) is 9.72. The number of hydrogen-bond donors (Lipinski definition) is 1. The van der Waals surface area contributed by atoms with Crippen LogP contribution in [0.4, 0.5) is 0 Å². The molecule has 1 fully saturated rings. The highest BCUT2D eigenvalue weighted by Gasteiger charge is 2.24. The van der Waals surface area contributed by atoms with Crippen LogP contribution < -0.4 is 0 Å². The maximum Gasteiger partial charge on any atom is 0.138 e. The molecular weight excluding hydrogens is 248 g/mol. The number of nitrogens with zero attached hydrogens (tertiary/aromatic N) is 2. The summed E-state index contributed by atoms with van der Waals surface area (Å²) < 4.78 is 0. The van der Waals surface area contributed by atoms with Crippen LogP contribution in [0.15, 0.2) is 42.5 Å². The highest BCUT2D eigenvalue weighted by molar-refractivity contribution is 5.28. The lowest BCUT2D eigenvalue weighted by molar-refractivity contribution is 0.314. The predicted octanol–water partition coefficient (Wildman–Crippen LogP) is 3.09. The second-order valence-electron chi connectivity index (χ2n) is 5.55. The number of aryl methyl sites for hydroxylation is 1. The zero-order valence-electron chi connectivity index (χ0n) is 11.8. The minimum atomic E-state index is 0.304. The Labute approximate surface area is 119 Å². The lowest BCUT2D eigenvalue weighted by atomic mass is 9.99. The molecule has 0 saturated carbocycles. The quantitative estimate of drug-likeness (QED) is 0.929. The molecule has 2 aromatic rings. The normalized spacial score (nSPS) is 19.4. The number of rotatable bonds is 3. The molecule has 2 heterocycles. The average molecular weight is 268 g/mol. The fourth-order valence-corrected chi connectivity index (χ4v) is 2.90. The summed E-state index contributed by atoms with van der Waals surface area (Å²) in [6, 6.07) is 14.3. The molecule has 3 rings (SSSR count). The average Bonchev–Trinajstić information content (AvgIpc) is 2.92. The summed E-state index contributed by atoms with van der Waals surface area (Å²) in [7, 11) is 0. The topological polar surface area (TPSA) is 36.4 Å². The lowest BCUT2D eigenvalue weighted by Crippen LogP contribution is -2.20. The van der Waals surface area contributed by atoms with Gasteiger partial charge >= 0.3 is 0 Å². The van der Waals surface area contributed by atoms with Gasteiger partial charge in [-0.1, -0.05) is 30.3 Å². The molecule has 1 aromatic carbocycles. The number of likely N-dealkylation sites (tertiary alicyclic amines) is 1. The number of aromatic hydroxyl groups is 1. The second kappa shape index (κ2) is 5.63. The van der Waals surface area contributed by atoms with E-state index in [0.29, 0.717) is 11.7 Å². The van der Waals surface area contributed by atoms with E-state index in [-0.39, 0.29) is 0 Å². The third-order valence-electron chi connectivity index (χ3n) is 4.01. The molecule has 1 aromatic heterocycles. The molecule has 3 nitrogen and oxygen atoms in total. The van der Waals surface area contributed by atoms with Crippen LogP contribution in [0.3, 0.4) is 0 Å². The van der Waals surface area contributed by atoms with Crippen molar-refractivity contribution in [2.45, 2.75) is 25.8 Å². The maximum absolute atomic E-state index is 9.89. The predicted molar refractivity (Wildman–Crippen MR) is 79.7 cm³/mol. The lowest BCUT2D eigenvalue weighted by Gasteiger charge is -2.16. The summed E-state index contributed by atoms with van der Waals surface area (Å²) >= 11 is 0. The van der Waals surface area contributed by atoms with Crippen molar-refractivity contribution in [1.29, 1.82) is 0 Å². The van der Waals surface area contributed by atoms with Crippen molar-refractivity contribution in [2.24, 2.45) is 0 Å². The molecule has 0 spiro atoms. The molecular formula is C17H20N2O. The standard InChI is InChI=1S/C17H20N2O/c1-13-7-8-17(20)16(18-13)12-19-10-9-15(11-19)14-5-3-2-4-6-14/h2-8,15,20H,9-12H2,1H3. The summed E-state index contributed by atoms with van der Waals surface area (Å²) in [6.45, 7) is 4.80. The van der Waals surface area contributed by atoms with Crippen molar-refractivity contribution in [2.75, 3.05) is 13.1 Å². The van der Waals surface area contributed by atoms with Crippen molar-refractivity contribution in [3.63, 3.8) is 0 Å². The van der Waals surface area contributed by atoms with E-state index in [0.717, 1.165) is 31.0 Å². The van der Waals surface area contributed by atoms with E-state index in [9.17, 15) is 5.11 Å². The van der Waals surface area contributed by atoms with Gasteiger partial charge in [-0.05, 0) is 43.5 Å². The number of aromatic nitrogens is 1. The first-order valence-corrected chi connectivity index (χ1v) is 7.15. The van der Waals surface area contributed by atoms with Crippen molar-refractivity contribution in [3.8, 4) is 5.75 Å². The fourth-order valence-electron chi connectivity index (χ4n) is 2.90. The van der Waals surface area contributed by atoms with Crippen molar-refractivity contribution in [3.05, 3.63) is 59.4 Å². The van der Waals surface area contributed by atoms with Gasteiger partial charge in [0, 0.05) is 18.8 Å². The van der Waals surface area contributed by atoms with E-state index < -0.39 is 0 Å². The van der Waals surface area contributed by atoms with Gasteiger partial charge in [-0.15, -0.1) is 0 Å². The van der Waals surface area contributed by atoms with Crippen molar-refractivity contribution >= 4 is 0 Å². The fraction of sp³-hybridized carbons (Fsp3) is 0.353. The molecule has 0 bridgehead atoms. The largest absolute Gasteiger partial charge is 0.506 e. The van der Waals surface area contributed by atoms with Crippen molar-refractivity contribution in [1.82, 2.24) is 9.88 Å². The van der Waals surface area contributed by atoms with Gasteiger partial charge in [0.25, 0.3) is 0 Å². The molecule has 1 aliphatic rings. The van der Waals surface area contributed by atoms with Gasteiger partial charge in [-0.25, -0.2) is 0 Å². The van der Waals surface area contributed by atoms with Crippen LogP contribution in [0.2, 0.25) is 0 Å². The smallest absolute Gasteiger partial charge is 0.138 e. The zero-order valence-corrected chi connectivity index (χ0v) is 11.8. The Kier molecular flexibility index (Phi) is 3.70. The van der Waals surface area contributed by atoms with Gasteiger partial charge in [0.15, 0.2) is 0 Å². The molecule has 1 atom stereocenters. The molecule has 0 aliphatic carbocycles. The van der Waals surface area contributed by atoms with E-state index in [1.165, 1.54) is 12.0 Å². The van der Waals surface area contributed by atoms with Crippen LogP contribution in [-0.4, -0.2) is 28.1 Å². The van der Waals surface area contributed by atoms with Crippen LogP contribution in [0.1, 0.15) is 29.3 Å². The summed E-state index contributed by atoms with van der Waals surface area (Å²) in [5.74, 6) is 0.905. The molecule has 0 radical (unpaired) electrons. The van der Waals surface area contributed by atoms with Crippen molar-refractivity contribution < 1.29 is 5.11 Å². The van der Waals surface area contributed by atoms with Crippen LogP contribution in [0, 0.1) is 6.92 Å². The van der Waals surface area contributed by atoms with E-state index >= 15 is 0 Å². The van der Waals surface area contributed by atoms with Gasteiger partial charge < -0.3 is 5.11 Å². The van der Waals surface area contributed by atoms with Gasteiger partial charge in [0.05, 0.1) is 5.69 Å². The molecule has 1 N–H and O–H groups in total. The van der Waals surface area contributed by atoms with Gasteiger partial charge in [0.2, 0.25) is 0 Å². The molecule has 3 heteroatoms. The number of benzene rings is 1. The number of hydrogen-bond acceptors (Lipinski definition) is 3. The maximum atomic E-state index is 9.89. The van der Waals surface area contributed by atoms with Crippen LogP contribution in [0.25, 0.3) is 0 Å². The van der Waals surface area contributed by atoms with E-state index in [4.69, 9.17) is 0 Å². The van der Waals surface area contributed by atoms with Gasteiger partial charge in [-0.3, -0.25) is 9.88 Å². The van der Waals surface area contributed by atoms with E-state index in [2.05, 4.69) is 40.2 Å². The molecule has 1 saturated heterocycles. The minimum Gasteiger partial charge on any atom is -0.506 e. The summed E-state index contributed by atoms with van der Waals surface area (Å²) in [4.78, 5) is 6.82. The minimum absolute atomic E-state index is 0.304. The summed E-state index contributed by atoms with van der Waals surface area (Å²) in [6.07, 6.45) is 1.18. The van der Waals surface area contributed by atoms with Crippen LogP contribution in [-0.2, 0) is 6.54 Å². The van der Waals surface area contributed by atoms with Crippen LogP contribution >= 0.6 is 0 Å². The third-order valence-corrected chi connectivity index (χ3v) is 4.01. The van der Waals surface area contributed by atoms with Gasteiger partial charge in [-0.2, -0.15) is 0 Å². The van der Waals surface area contributed by atoms with E-state index in [1.54, 1.807) is 6.07 Å². The Morgan fingerprint density at radius 1 is 1.20 bits per heavy atom.